The predicted molar refractivity (Wildman–Crippen MR) is 110 cm³/mol. The number of carbonyl (C=O) groups is 1. The Morgan fingerprint density at radius 1 is 1.29 bits per heavy atom. The lowest BCUT2D eigenvalue weighted by Crippen LogP contribution is -2.49. The minimum absolute atomic E-state index is 0.0585. The first-order valence-electron chi connectivity index (χ1n) is 10.3. The number of aliphatic hydroxyl groups excluding tert-OH is 1. The van der Waals surface area contributed by atoms with E-state index in [0.29, 0.717) is 5.69 Å². The molecular weight excluding hydrogens is 354 g/mol. The normalized spacial score (nSPS) is 20.0. The standard InChI is InChI=1S/C21H29N5O2/c1-14(27)10-17(22)21(28)18-11-15-12-20(23-13-19(15)24-18)26-8-6-25(7-9-26)16-4-2-3-5-16/h11-14,16,22,24,27H,2-10H2,1H3. The van der Waals surface area contributed by atoms with Crippen molar-refractivity contribution in [2.75, 3.05) is 31.1 Å². The van der Waals surface area contributed by atoms with Crippen LogP contribution in [0.5, 0.6) is 0 Å². The number of carbonyl (C=O) groups excluding carboxylic acids is 1. The van der Waals surface area contributed by atoms with Gasteiger partial charge >= 0.3 is 0 Å². The molecule has 0 radical (unpaired) electrons. The topological polar surface area (TPSA) is 96.3 Å². The molecule has 2 aliphatic rings. The van der Waals surface area contributed by atoms with Crippen LogP contribution in [0.25, 0.3) is 10.9 Å². The summed E-state index contributed by atoms with van der Waals surface area (Å²) in [5.41, 5.74) is 1.09. The Morgan fingerprint density at radius 2 is 2.00 bits per heavy atom. The molecule has 1 aliphatic carbocycles. The van der Waals surface area contributed by atoms with Gasteiger partial charge in [-0.1, -0.05) is 12.8 Å². The summed E-state index contributed by atoms with van der Waals surface area (Å²) in [6.07, 6.45) is 6.55. The number of nitrogens with zero attached hydrogens (tertiary/aromatic N) is 3. The summed E-state index contributed by atoms with van der Waals surface area (Å²) in [5, 5.41) is 18.2. The minimum Gasteiger partial charge on any atom is -0.393 e. The van der Waals surface area contributed by atoms with Crippen LogP contribution >= 0.6 is 0 Å². The van der Waals surface area contributed by atoms with Gasteiger partial charge in [-0.3, -0.25) is 9.69 Å². The van der Waals surface area contributed by atoms with Crippen molar-refractivity contribution >= 4 is 28.2 Å². The summed E-state index contributed by atoms with van der Waals surface area (Å²) in [6.45, 7) is 5.69. The van der Waals surface area contributed by atoms with Crippen LogP contribution in [-0.4, -0.2) is 69.8 Å². The number of hydrogen-bond donors (Lipinski definition) is 3. The van der Waals surface area contributed by atoms with Crippen LogP contribution in [0.2, 0.25) is 0 Å². The molecule has 3 heterocycles. The number of aromatic amines is 1. The summed E-state index contributed by atoms with van der Waals surface area (Å²) in [6, 6.07) is 4.58. The zero-order valence-electron chi connectivity index (χ0n) is 16.4. The number of H-pyrrole nitrogens is 1. The van der Waals surface area contributed by atoms with Gasteiger partial charge in [-0.05, 0) is 31.9 Å². The van der Waals surface area contributed by atoms with Gasteiger partial charge in [0.15, 0.2) is 0 Å². The van der Waals surface area contributed by atoms with Gasteiger partial charge in [-0.15, -0.1) is 0 Å². The number of Topliss-reactive ketones (excluding diaryl/α,β-unsaturated/α-hetero) is 1. The number of pyridine rings is 1. The van der Waals surface area contributed by atoms with Crippen molar-refractivity contribution < 1.29 is 9.90 Å². The number of piperazine rings is 1. The quantitative estimate of drug-likeness (QED) is 0.526. The Kier molecular flexibility index (Phi) is 5.46. The summed E-state index contributed by atoms with van der Waals surface area (Å²) < 4.78 is 0. The van der Waals surface area contributed by atoms with Gasteiger partial charge in [0.1, 0.15) is 5.82 Å². The Labute approximate surface area is 165 Å². The summed E-state index contributed by atoms with van der Waals surface area (Å²) >= 11 is 0. The van der Waals surface area contributed by atoms with E-state index in [0.717, 1.165) is 48.9 Å². The molecule has 0 aromatic carbocycles. The molecule has 1 aliphatic heterocycles. The zero-order chi connectivity index (χ0) is 19.7. The maximum atomic E-state index is 12.4. The number of fused-ring (bicyclic) bond motifs is 1. The van der Waals surface area contributed by atoms with Crippen molar-refractivity contribution in [3.05, 3.63) is 24.0 Å². The molecule has 2 fully saturated rings. The molecule has 1 saturated carbocycles. The molecule has 0 bridgehead atoms. The lowest BCUT2D eigenvalue weighted by molar-refractivity contribution is 0.105. The zero-order valence-corrected chi connectivity index (χ0v) is 16.4. The van der Waals surface area contributed by atoms with Crippen LogP contribution in [0.3, 0.4) is 0 Å². The van der Waals surface area contributed by atoms with Gasteiger partial charge in [0.2, 0.25) is 5.78 Å². The Morgan fingerprint density at radius 3 is 2.68 bits per heavy atom. The molecule has 4 rings (SSSR count). The van der Waals surface area contributed by atoms with E-state index in [2.05, 4.69) is 19.8 Å². The molecule has 28 heavy (non-hydrogen) atoms. The molecule has 2 aromatic rings. The Hall–Kier alpha value is -2.25. The number of hydrogen-bond acceptors (Lipinski definition) is 6. The number of nitrogens with one attached hydrogen (secondary N) is 2. The molecule has 2 aromatic heterocycles. The van der Waals surface area contributed by atoms with E-state index < -0.39 is 6.10 Å². The van der Waals surface area contributed by atoms with Crippen LogP contribution in [-0.2, 0) is 0 Å². The summed E-state index contributed by atoms with van der Waals surface area (Å²) in [5.74, 6) is 0.569. The van der Waals surface area contributed by atoms with Crippen LogP contribution in [0, 0.1) is 5.41 Å². The maximum Gasteiger partial charge on any atom is 0.222 e. The number of ketones is 1. The van der Waals surface area contributed by atoms with Gasteiger partial charge in [-0.25, -0.2) is 4.98 Å². The van der Waals surface area contributed by atoms with E-state index in [-0.39, 0.29) is 17.9 Å². The van der Waals surface area contributed by atoms with E-state index in [1.54, 1.807) is 19.2 Å². The van der Waals surface area contributed by atoms with E-state index in [1.807, 2.05) is 6.07 Å². The second kappa shape index (κ2) is 8.01. The van der Waals surface area contributed by atoms with Crippen molar-refractivity contribution in [2.24, 2.45) is 0 Å². The molecule has 7 nitrogen and oxygen atoms in total. The number of anilines is 1. The molecule has 1 saturated heterocycles. The molecule has 7 heteroatoms. The summed E-state index contributed by atoms with van der Waals surface area (Å²) in [7, 11) is 0. The third-order valence-electron chi connectivity index (χ3n) is 5.99. The first kappa shape index (κ1) is 19.1. The monoisotopic (exact) mass is 383 g/mol. The van der Waals surface area contributed by atoms with Crippen molar-refractivity contribution in [3.8, 4) is 0 Å². The molecule has 3 N–H and O–H groups in total. The Balaban J connectivity index is 1.45. The maximum absolute atomic E-state index is 12.4. The van der Waals surface area contributed by atoms with Gasteiger partial charge < -0.3 is 20.4 Å². The van der Waals surface area contributed by atoms with E-state index in [9.17, 15) is 9.90 Å². The van der Waals surface area contributed by atoms with Crippen LogP contribution in [0.1, 0.15) is 49.5 Å². The fraction of sp³-hybridized carbons (Fsp3) is 0.571. The molecule has 1 unspecified atom stereocenters. The van der Waals surface area contributed by atoms with E-state index in [4.69, 9.17) is 5.41 Å². The lowest BCUT2D eigenvalue weighted by Gasteiger charge is -2.38. The largest absolute Gasteiger partial charge is 0.393 e. The van der Waals surface area contributed by atoms with Gasteiger partial charge in [0, 0.05) is 44.0 Å². The first-order valence-corrected chi connectivity index (χ1v) is 10.3. The van der Waals surface area contributed by atoms with E-state index in [1.165, 1.54) is 25.7 Å². The lowest BCUT2D eigenvalue weighted by atomic mass is 10.1. The van der Waals surface area contributed by atoms with Crippen LogP contribution in [0.4, 0.5) is 5.82 Å². The van der Waals surface area contributed by atoms with Gasteiger partial charge in [-0.2, -0.15) is 0 Å². The third kappa shape index (κ3) is 3.95. The third-order valence-corrected chi connectivity index (χ3v) is 5.99. The smallest absolute Gasteiger partial charge is 0.222 e. The molecule has 1 atom stereocenters. The number of aromatic nitrogens is 2. The highest BCUT2D eigenvalue weighted by Crippen LogP contribution is 2.26. The highest BCUT2D eigenvalue weighted by atomic mass is 16.3. The van der Waals surface area contributed by atoms with Crippen molar-refractivity contribution in [1.29, 1.82) is 5.41 Å². The average molecular weight is 383 g/mol. The fourth-order valence-electron chi connectivity index (χ4n) is 4.45. The number of aliphatic hydroxyl groups is 1. The molecular formula is C21H29N5O2. The first-order chi connectivity index (χ1) is 13.5. The molecule has 0 amide bonds. The van der Waals surface area contributed by atoms with Crippen molar-refractivity contribution in [3.63, 3.8) is 0 Å². The molecule has 0 spiro atoms. The van der Waals surface area contributed by atoms with Gasteiger partial charge in [0.25, 0.3) is 0 Å². The van der Waals surface area contributed by atoms with Crippen molar-refractivity contribution in [1.82, 2.24) is 14.9 Å². The predicted octanol–water partition coefficient (Wildman–Crippen LogP) is 2.60. The summed E-state index contributed by atoms with van der Waals surface area (Å²) in [4.78, 5) is 25.0. The minimum atomic E-state index is -0.697. The van der Waals surface area contributed by atoms with E-state index >= 15 is 0 Å². The van der Waals surface area contributed by atoms with Crippen LogP contribution in [0.15, 0.2) is 18.3 Å². The average Bonchev–Trinajstić information content (AvgIpc) is 3.36. The second-order valence-electron chi connectivity index (χ2n) is 8.13. The fourth-order valence-corrected chi connectivity index (χ4v) is 4.45. The van der Waals surface area contributed by atoms with Gasteiger partial charge in [0.05, 0.1) is 29.2 Å². The SMILES string of the molecule is CC(O)CC(=N)C(=O)c1cc2cc(N3CCN(C4CCCC4)CC3)ncc2[nH]1. The van der Waals surface area contributed by atoms with Crippen LogP contribution < -0.4 is 4.90 Å². The highest BCUT2D eigenvalue weighted by molar-refractivity contribution is 6.44. The molecule has 150 valence electrons. The Bertz CT molecular complexity index is 861. The second-order valence-corrected chi connectivity index (χ2v) is 8.13. The number of rotatable bonds is 6. The highest BCUT2D eigenvalue weighted by Gasteiger charge is 2.26. The van der Waals surface area contributed by atoms with Crippen molar-refractivity contribution in [2.45, 2.75) is 51.2 Å².